The molecule has 0 bridgehead atoms. The number of benzene rings is 1. The highest BCUT2D eigenvalue weighted by molar-refractivity contribution is 5.90. The largest absolute Gasteiger partial charge is 0.465 e. The minimum Gasteiger partial charge on any atom is -0.465 e. The van der Waals surface area contributed by atoms with Gasteiger partial charge in [0.15, 0.2) is 0 Å². The summed E-state index contributed by atoms with van der Waals surface area (Å²) in [4.78, 5) is 11.5. The van der Waals surface area contributed by atoms with Gasteiger partial charge in [0.05, 0.1) is 18.3 Å². The van der Waals surface area contributed by atoms with Crippen LogP contribution in [0.3, 0.4) is 0 Å². The number of carbonyl (C=O) groups is 1. The van der Waals surface area contributed by atoms with Crippen molar-refractivity contribution in [3.8, 4) is 0 Å². The first-order valence-corrected chi connectivity index (χ1v) is 6.70. The van der Waals surface area contributed by atoms with Crippen LogP contribution in [-0.2, 0) is 9.47 Å². The van der Waals surface area contributed by atoms with Gasteiger partial charge in [0.2, 0.25) is 0 Å². The van der Waals surface area contributed by atoms with Gasteiger partial charge in [-0.15, -0.1) is 0 Å². The molecule has 4 nitrogen and oxygen atoms in total. The fourth-order valence-electron chi connectivity index (χ4n) is 2.47. The Morgan fingerprint density at radius 2 is 2.25 bits per heavy atom. The Morgan fingerprint density at radius 3 is 2.90 bits per heavy atom. The molecule has 1 atom stereocenters. The highest BCUT2D eigenvalue weighted by Crippen LogP contribution is 2.27. The van der Waals surface area contributed by atoms with Gasteiger partial charge in [-0.3, -0.25) is 0 Å². The second kappa shape index (κ2) is 5.79. The fraction of sp³-hybridized carbons (Fsp3) is 0.533. The lowest BCUT2D eigenvalue weighted by Crippen LogP contribution is -2.40. The van der Waals surface area contributed by atoms with Crippen molar-refractivity contribution in [2.24, 2.45) is 0 Å². The Hall–Kier alpha value is -1.62. The zero-order valence-electron chi connectivity index (χ0n) is 12.0. The molecule has 1 N–H and O–H groups in total. The minimum absolute atomic E-state index is 0.0520. The predicted molar refractivity (Wildman–Crippen MR) is 74.4 cm³/mol. The maximum atomic E-state index is 13.6. The van der Waals surface area contributed by atoms with E-state index in [2.05, 4.69) is 10.1 Å². The van der Waals surface area contributed by atoms with Crippen LogP contribution in [0, 0.1) is 5.82 Å². The van der Waals surface area contributed by atoms with Gasteiger partial charge in [-0.25, -0.2) is 9.18 Å². The van der Waals surface area contributed by atoms with Crippen LogP contribution in [0.5, 0.6) is 0 Å². The summed E-state index contributed by atoms with van der Waals surface area (Å²) in [6.07, 6.45) is 1.74. The van der Waals surface area contributed by atoms with Crippen LogP contribution in [0.4, 0.5) is 10.1 Å². The fourth-order valence-corrected chi connectivity index (χ4v) is 2.47. The highest BCUT2D eigenvalue weighted by Gasteiger charge is 2.28. The molecule has 1 unspecified atom stereocenters. The van der Waals surface area contributed by atoms with Gasteiger partial charge < -0.3 is 14.8 Å². The van der Waals surface area contributed by atoms with Gasteiger partial charge in [0.25, 0.3) is 0 Å². The number of nitrogens with one attached hydrogen (secondary N) is 1. The van der Waals surface area contributed by atoms with Crippen molar-refractivity contribution in [3.05, 3.63) is 29.6 Å². The molecule has 1 aromatic rings. The lowest BCUT2D eigenvalue weighted by molar-refractivity contribution is -0.0553. The molecule has 1 aliphatic heterocycles. The Bertz CT molecular complexity index is 502. The molecule has 0 aliphatic carbocycles. The molecule has 1 aromatic carbocycles. The molecule has 110 valence electrons. The van der Waals surface area contributed by atoms with Gasteiger partial charge in [0, 0.05) is 18.3 Å². The van der Waals surface area contributed by atoms with Crippen LogP contribution in [-0.4, -0.2) is 31.3 Å². The number of rotatable bonds is 3. The van der Waals surface area contributed by atoms with Crippen molar-refractivity contribution < 1.29 is 18.7 Å². The Labute approximate surface area is 118 Å². The van der Waals surface area contributed by atoms with Crippen LogP contribution < -0.4 is 5.32 Å². The number of methoxy groups -OCH3 is 1. The Kier molecular flexibility index (Phi) is 4.28. The van der Waals surface area contributed by atoms with E-state index in [4.69, 9.17) is 4.74 Å². The molecule has 0 radical (unpaired) electrons. The zero-order valence-corrected chi connectivity index (χ0v) is 12.0. The smallest absolute Gasteiger partial charge is 0.340 e. The summed E-state index contributed by atoms with van der Waals surface area (Å²) in [5.74, 6) is -1.24. The first-order chi connectivity index (χ1) is 9.41. The van der Waals surface area contributed by atoms with Gasteiger partial charge in [-0.2, -0.15) is 0 Å². The lowest BCUT2D eigenvalue weighted by atomic mass is 9.93. The van der Waals surface area contributed by atoms with Crippen LogP contribution >= 0.6 is 0 Å². The van der Waals surface area contributed by atoms with E-state index >= 15 is 0 Å². The molecule has 0 spiro atoms. The third-order valence-electron chi connectivity index (χ3n) is 3.44. The summed E-state index contributed by atoms with van der Waals surface area (Å²) < 4.78 is 23.8. The monoisotopic (exact) mass is 281 g/mol. The SMILES string of the molecule is COC(=O)c1cc(NC2CCOC(C)(C)C2)ccc1F. The van der Waals surface area contributed by atoms with Crippen LogP contribution in [0.2, 0.25) is 0 Å². The molecule has 1 heterocycles. The topological polar surface area (TPSA) is 47.6 Å². The summed E-state index contributed by atoms with van der Waals surface area (Å²) in [5.41, 5.74) is 0.500. The van der Waals surface area contributed by atoms with Gasteiger partial charge in [-0.05, 0) is 44.9 Å². The second-order valence-corrected chi connectivity index (χ2v) is 5.63. The van der Waals surface area contributed by atoms with E-state index in [-0.39, 0.29) is 17.2 Å². The molecule has 20 heavy (non-hydrogen) atoms. The van der Waals surface area contributed by atoms with Crippen LogP contribution in [0.15, 0.2) is 18.2 Å². The standard InChI is InChI=1S/C15H20FNO3/c1-15(2)9-11(6-7-20-15)17-10-4-5-13(16)12(8-10)14(18)19-3/h4-5,8,11,17H,6-7,9H2,1-3H3. The number of carbonyl (C=O) groups excluding carboxylic acids is 1. The zero-order chi connectivity index (χ0) is 14.8. The van der Waals surface area contributed by atoms with E-state index in [1.807, 2.05) is 13.8 Å². The van der Waals surface area contributed by atoms with E-state index in [1.165, 1.54) is 19.2 Å². The van der Waals surface area contributed by atoms with E-state index < -0.39 is 11.8 Å². The molecular formula is C15H20FNO3. The van der Waals surface area contributed by atoms with Crippen molar-refractivity contribution in [1.82, 2.24) is 0 Å². The molecule has 1 aliphatic rings. The number of anilines is 1. The van der Waals surface area contributed by atoms with Crippen LogP contribution in [0.25, 0.3) is 0 Å². The van der Waals surface area contributed by atoms with Gasteiger partial charge in [0.1, 0.15) is 5.82 Å². The summed E-state index contributed by atoms with van der Waals surface area (Å²) >= 11 is 0. The number of ether oxygens (including phenoxy) is 2. The summed E-state index contributed by atoms with van der Waals surface area (Å²) in [6, 6.07) is 4.64. The van der Waals surface area contributed by atoms with Crippen molar-refractivity contribution in [3.63, 3.8) is 0 Å². The molecule has 5 heteroatoms. The third kappa shape index (κ3) is 3.48. The molecule has 0 amide bonds. The van der Waals surface area contributed by atoms with E-state index in [1.54, 1.807) is 6.07 Å². The molecule has 0 aromatic heterocycles. The molecular weight excluding hydrogens is 261 g/mol. The van der Waals surface area contributed by atoms with E-state index in [0.717, 1.165) is 18.5 Å². The molecule has 2 rings (SSSR count). The first-order valence-electron chi connectivity index (χ1n) is 6.70. The average molecular weight is 281 g/mol. The first kappa shape index (κ1) is 14.8. The minimum atomic E-state index is -0.668. The highest BCUT2D eigenvalue weighted by atomic mass is 19.1. The predicted octanol–water partition coefficient (Wildman–Crippen LogP) is 2.98. The number of hydrogen-bond donors (Lipinski definition) is 1. The van der Waals surface area contributed by atoms with Crippen molar-refractivity contribution in [2.45, 2.75) is 38.3 Å². The normalized spacial score (nSPS) is 21.3. The summed E-state index contributed by atoms with van der Waals surface area (Å²) in [7, 11) is 1.24. The van der Waals surface area contributed by atoms with E-state index in [9.17, 15) is 9.18 Å². The van der Waals surface area contributed by atoms with Crippen molar-refractivity contribution >= 4 is 11.7 Å². The number of esters is 1. The lowest BCUT2D eigenvalue weighted by Gasteiger charge is -2.36. The molecule has 1 saturated heterocycles. The van der Waals surface area contributed by atoms with Gasteiger partial charge in [-0.1, -0.05) is 0 Å². The Morgan fingerprint density at radius 1 is 1.50 bits per heavy atom. The Balaban J connectivity index is 2.12. The van der Waals surface area contributed by atoms with E-state index in [0.29, 0.717) is 6.61 Å². The number of halogens is 1. The quantitative estimate of drug-likeness (QED) is 0.865. The maximum absolute atomic E-state index is 13.6. The van der Waals surface area contributed by atoms with Crippen molar-refractivity contribution in [1.29, 1.82) is 0 Å². The summed E-state index contributed by atoms with van der Waals surface area (Å²) in [5, 5.41) is 3.33. The third-order valence-corrected chi connectivity index (χ3v) is 3.44. The maximum Gasteiger partial charge on any atom is 0.340 e. The second-order valence-electron chi connectivity index (χ2n) is 5.63. The van der Waals surface area contributed by atoms with Crippen LogP contribution in [0.1, 0.15) is 37.0 Å². The summed E-state index contributed by atoms with van der Waals surface area (Å²) in [6.45, 7) is 4.78. The molecule has 0 saturated carbocycles. The molecule has 1 fully saturated rings. The number of hydrogen-bond acceptors (Lipinski definition) is 4. The van der Waals surface area contributed by atoms with Crippen molar-refractivity contribution in [2.75, 3.05) is 19.0 Å². The average Bonchev–Trinajstić information content (AvgIpc) is 2.39. The van der Waals surface area contributed by atoms with Gasteiger partial charge >= 0.3 is 5.97 Å².